The molecule has 0 radical (unpaired) electrons. The molecule has 1 unspecified atom stereocenters. The van der Waals surface area contributed by atoms with E-state index in [1.807, 2.05) is 0 Å². The molecule has 0 aliphatic carbocycles. The molecule has 0 aromatic heterocycles. The third kappa shape index (κ3) is 5.38. The summed E-state index contributed by atoms with van der Waals surface area (Å²) in [6, 6.07) is 0.178. The van der Waals surface area contributed by atoms with Gasteiger partial charge in [-0.3, -0.25) is 0 Å². The van der Waals surface area contributed by atoms with Crippen molar-refractivity contribution in [3.05, 3.63) is 0 Å². The number of hydrogen-bond acceptors (Lipinski definition) is 5. The average molecular weight is 289 g/mol. The van der Waals surface area contributed by atoms with E-state index in [0.717, 1.165) is 32.6 Å². The summed E-state index contributed by atoms with van der Waals surface area (Å²) in [5.74, 6) is 0.681. The van der Waals surface area contributed by atoms with Crippen molar-refractivity contribution in [1.82, 2.24) is 15.1 Å². The summed E-state index contributed by atoms with van der Waals surface area (Å²) in [5, 5.41) is 3.36. The van der Waals surface area contributed by atoms with E-state index in [9.17, 15) is 8.42 Å². The van der Waals surface area contributed by atoms with Gasteiger partial charge in [0.1, 0.15) is 0 Å². The van der Waals surface area contributed by atoms with Gasteiger partial charge in [-0.25, -0.2) is 8.42 Å². The van der Waals surface area contributed by atoms with Gasteiger partial charge in [0.2, 0.25) is 0 Å². The molecule has 0 amide bonds. The molecule has 2 rings (SSSR count). The molecule has 2 saturated heterocycles. The van der Waals surface area contributed by atoms with Gasteiger partial charge >= 0.3 is 0 Å². The van der Waals surface area contributed by atoms with Crippen LogP contribution in [0.2, 0.25) is 0 Å². The molecule has 0 spiro atoms. The predicted octanol–water partition coefficient (Wildman–Crippen LogP) is -0.209. The lowest BCUT2D eigenvalue weighted by Gasteiger charge is -2.22. The Labute approximate surface area is 117 Å². The highest BCUT2D eigenvalue weighted by Crippen LogP contribution is 2.10. The zero-order valence-electron chi connectivity index (χ0n) is 12.0. The van der Waals surface area contributed by atoms with Gasteiger partial charge in [-0.1, -0.05) is 0 Å². The number of sulfone groups is 1. The quantitative estimate of drug-likeness (QED) is 0.703. The minimum atomic E-state index is -2.75. The Morgan fingerprint density at radius 2 is 2.00 bits per heavy atom. The van der Waals surface area contributed by atoms with Crippen molar-refractivity contribution >= 4 is 9.84 Å². The van der Waals surface area contributed by atoms with Gasteiger partial charge in [-0.2, -0.15) is 0 Å². The number of likely N-dealkylation sites (N-methyl/N-ethyl adjacent to an activating group) is 1. The Balaban J connectivity index is 1.52. The molecular weight excluding hydrogens is 262 g/mol. The van der Waals surface area contributed by atoms with Crippen LogP contribution in [0.25, 0.3) is 0 Å². The normalized spacial score (nSPS) is 27.4. The largest absolute Gasteiger partial charge is 0.312 e. The summed E-state index contributed by atoms with van der Waals surface area (Å²) in [6.45, 7) is 6.65. The number of nitrogens with one attached hydrogen (secondary N) is 1. The Bertz CT molecular complexity index is 366. The topological polar surface area (TPSA) is 52.7 Å². The standard InChI is InChI=1S/C13H27N3O2S/c1-15(9-10-16-6-2-3-7-16)8-5-14-13-4-11-19(17,18)12-13/h13-14H,2-12H2,1H3. The smallest absolute Gasteiger partial charge is 0.151 e. The van der Waals surface area contributed by atoms with Crippen molar-refractivity contribution in [2.75, 3.05) is 57.8 Å². The Morgan fingerprint density at radius 1 is 1.26 bits per heavy atom. The van der Waals surface area contributed by atoms with E-state index in [4.69, 9.17) is 0 Å². The molecule has 0 aromatic carbocycles. The molecule has 0 bridgehead atoms. The minimum absolute atomic E-state index is 0.178. The maximum Gasteiger partial charge on any atom is 0.151 e. The highest BCUT2D eigenvalue weighted by Gasteiger charge is 2.27. The lowest BCUT2D eigenvalue weighted by Crippen LogP contribution is -2.38. The van der Waals surface area contributed by atoms with Crippen molar-refractivity contribution in [2.24, 2.45) is 0 Å². The lowest BCUT2D eigenvalue weighted by molar-refractivity contribution is 0.255. The van der Waals surface area contributed by atoms with Crippen LogP contribution < -0.4 is 5.32 Å². The zero-order valence-corrected chi connectivity index (χ0v) is 12.8. The van der Waals surface area contributed by atoms with Gasteiger partial charge in [-0.15, -0.1) is 0 Å². The van der Waals surface area contributed by atoms with E-state index < -0.39 is 9.84 Å². The van der Waals surface area contributed by atoms with Crippen LogP contribution in [0.15, 0.2) is 0 Å². The van der Waals surface area contributed by atoms with E-state index >= 15 is 0 Å². The molecule has 1 atom stereocenters. The predicted molar refractivity (Wildman–Crippen MR) is 78.2 cm³/mol. The van der Waals surface area contributed by atoms with Crippen LogP contribution in [-0.2, 0) is 9.84 Å². The molecule has 112 valence electrons. The summed E-state index contributed by atoms with van der Waals surface area (Å²) in [7, 11) is -0.608. The SMILES string of the molecule is CN(CCNC1CCS(=O)(=O)C1)CCN1CCCC1. The summed E-state index contributed by atoms with van der Waals surface area (Å²) in [5.41, 5.74) is 0. The highest BCUT2D eigenvalue weighted by molar-refractivity contribution is 7.91. The molecule has 2 aliphatic rings. The van der Waals surface area contributed by atoms with Crippen LogP contribution in [0.4, 0.5) is 0 Å². The van der Waals surface area contributed by atoms with Crippen molar-refractivity contribution < 1.29 is 8.42 Å². The summed E-state index contributed by atoms with van der Waals surface area (Å²) in [4.78, 5) is 4.85. The van der Waals surface area contributed by atoms with E-state index in [1.54, 1.807) is 0 Å². The first-order chi connectivity index (χ1) is 9.05. The summed E-state index contributed by atoms with van der Waals surface area (Å²) < 4.78 is 22.7. The molecule has 2 heterocycles. The Morgan fingerprint density at radius 3 is 2.63 bits per heavy atom. The Hall–Kier alpha value is -0.170. The second-order valence-corrected chi connectivity index (χ2v) is 8.13. The first-order valence-electron chi connectivity index (χ1n) is 7.40. The molecule has 2 fully saturated rings. The fourth-order valence-corrected chi connectivity index (χ4v) is 4.55. The van der Waals surface area contributed by atoms with Gasteiger partial charge in [0.15, 0.2) is 9.84 Å². The van der Waals surface area contributed by atoms with E-state index in [0.29, 0.717) is 11.5 Å². The second-order valence-electron chi connectivity index (χ2n) is 5.91. The fourth-order valence-electron chi connectivity index (χ4n) is 2.85. The summed E-state index contributed by atoms with van der Waals surface area (Å²) in [6.07, 6.45) is 3.47. The number of hydrogen-bond donors (Lipinski definition) is 1. The van der Waals surface area contributed by atoms with Crippen molar-refractivity contribution in [2.45, 2.75) is 25.3 Å². The molecule has 19 heavy (non-hydrogen) atoms. The van der Waals surface area contributed by atoms with Crippen molar-refractivity contribution in [3.63, 3.8) is 0 Å². The zero-order chi connectivity index (χ0) is 13.7. The monoisotopic (exact) mass is 289 g/mol. The first-order valence-corrected chi connectivity index (χ1v) is 9.22. The van der Waals surface area contributed by atoms with Crippen LogP contribution in [-0.4, -0.2) is 82.1 Å². The second kappa shape index (κ2) is 7.02. The molecule has 2 aliphatic heterocycles. The summed E-state index contributed by atoms with van der Waals surface area (Å²) >= 11 is 0. The van der Waals surface area contributed by atoms with Gasteiger partial charge in [0.25, 0.3) is 0 Å². The number of nitrogens with zero attached hydrogens (tertiary/aromatic N) is 2. The lowest BCUT2D eigenvalue weighted by atomic mass is 10.2. The molecular formula is C13H27N3O2S. The van der Waals surface area contributed by atoms with E-state index in [2.05, 4.69) is 22.2 Å². The molecule has 0 saturated carbocycles. The fraction of sp³-hybridized carbons (Fsp3) is 1.00. The molecule has 5 nitrogen and oxygen atoms in total. The van der Waals surface area contributed by atoms with Crippen LogP contribution in [0.1, 0.15) is 19.3 Å². The number of rotatable bonds is 7. The van der Waals surface area contributed by atoms with Crippen LogP contribution in [0.3, 0.4) is 0 Å². The Kier molecular flexibility index (Phi) is 5.62. The van der Waals surface area contributed by atoms with Gasteiger partial charge < -0.3 is 15.1 Å². The van der Waals surface area contributed by atoms with Crippen LogP contribution in [0.5, 0.6) is 0 Å². The molecule has 6 heteroatoms. The van der Waals surface area contributed by atoms with Crippen molar-refractivity contribution in [3.8, 4) is 0 Å². The third-order valence-corrected chi connectivity index (χ3v) is 5.92. The minimum Gasteiger partial charge on any atom is -0.312 e. The van der Waals surface area contributed by atoms with Crippen LogP contribution >= 0.6 is 0 Å². The maximum atomic E-state index is 11.3. The van der Waals surface area contributed by atoms with Crippen molar-refractivity contribution in [1.29, 1.82) is 0 Å². The van der Waals surface area contributed by atoms with Gasteiger partial charge in [0.05, 0.1) is 11.5 Å². The average Bonchev–Trinajstić information content (AvgIpc) is 2.96. The van der Waals surface area contributed by atoms with Gasteiger partial charge in [0, 0.05) is 32.2 Å². The molecule has 1 N–H and O–H groups in total. The highest BCUT2D eigenvalue weighted by atomic mass is 32.2. The number of likely N-dealkylation sites (tertiary alicyclic amines) is 1. The van der Waals surface area contributed by atoms with E-state index in [1.165, 1.54) is 25.9 Å². The van der Waals surface area contributed by atoms with Crippen LogP contribution in [0, 0.1) is 0 Å². The van der Waals surface area contributed by atoms with Gasteiger partial charge in [-0.05, 0) is 39.4 Å². The first kappa shape index (κ1) is 15.2. The van der Waals surface area contributed by atoms with E-state index in [-0.39, 0.29) is 6.04 Å². The maximum absolute atomic E-state index is 11.3. The molecule has 0 aromatic rings. The third-order valence-electron chi connectivity index (χ3n) is 4.16.